The molecule has 1 aliphatic rings. The van der Waals surface area contributed by atoms with Gasteiger partial charge in [0, 0.05) is 24.2 Å². The molecule has 1 fully saturated rings. The number of benzene rings is 2. The van der Waals surface area contributed by atoms with Crippen molar-refractivity contribution >= 4 is 5.69 Å². The quantitative estimate of drug-likeness (QED) is 0.139. The Balaban J connectivity index is 1.67. The van der Waals surface area contributed by atoms with Crippen LogP contribution in [0.5, 0.6) is 0 Å². The lowest BCUT2D eigenvalue weighted by molar-refractivity contribution is -0.253. The van der Waals surface area contributed by atoms with E-state index in [-0.39, 0.29) is 18.8 Å². The first kappa shape index (κ1) is 31.6. The summed E-state index contributed by atoms with van der Waals surface area (Å²) in [5.41, 5.74) is 9.85. The largest absolute Gasteiger partial charge is 0.399 e. The SMILES string of the molecule is CCCCCCCCN(CCCCCCCC)C[C@@H]1C[C@H](c2ccc(CO)cc2)O[C@H](c2cccc(N)c2)O1. The van der Waals surface area contributed by atoms with Crippen molar-refractivity contribution in [1.82, 2.24) is 4.90 Å². The summed E-state index contributed by atoms with van der Waals surface area (Å²) >= 11 is 0. The van der Waals surface area contributed by atoms with Crippen molar-refractivity contribution in [2.75, 3.05) is 25.4 Å². The molecule has 1 saturated heterocycles. The van der Waals surface area contributed by atoms with E-state index in [9.17, 15) is 5.11 Å². The number of nitrogens with two attached hydrogens (primary N) is 1. The summed E-state index contributed by atoms with van der Waals surface area (Å²) in [6.07, 6.45) is 16.2. The molecule has 1 aliphatic heterocycles. The van der Waals surface area contributed by atoms with Gasteiger partial charge in [0.15, 0.2) is 6.29 Å². The molecule has 0 spiro atoms. The summed E-state index contributed by atoms with van der Waals surface area (Å²) in [6, 6.07) is 16.0. The highest BCUT2D eigenvalue weighted by atomic mass is 16.7. The first-order valence-electron chi connectivity index (χ1n) is 15.7. The lowest BCUT2D eigenvalue weighted by Gasteiger charge is -2.38. The Kier molecular flexibility index (Phi) is 14.9. The predicted octanol–water partition coefficient (Wildman–Crippen LogP) is 8.33. The van der Waals surface area contributed by atoms with Gasteiger partial charge in [-0.25, -0.2) is 0 Å². The molecular formula is C34H54N2O3. The summed E-state index contributed by atoms with van der Waals surface area (Å²) in [6.45, 7) is 7.82. The highest BCUT2D eigenvalue weighted by Crippen LogP contribution is 2.38. The highest BCUT2D eigenvalue weighted by Gasteiger charge is 2.33. The van der Waals surface area contributed by atoms with Crippen molar-refractivity contribution in [3.8, 4) is 0 Å². The van der Waals surface area contributed by atoms with Crippen LogP contribution < -0.4 is 5.73 Å². The fourth-order valence-corrected chi connectivity index (χ4v) is 5.55. The number of unbranched alkanes of at least 4 members (excludes halogenated alkanes) is 10. The summed E-state index contributed by atoms with van der Waals surface area (Å²) in [5, 5.41) is 9.49. The van der Waals surface area contributed by atoms with Gasteiger partial charge in [0.25, 0.3) is 0 Å². The zero-order valence-corrected chi connectivity index (χ0v) is 24.7. The summed E-state index contributed by atoms with van der Waals surface area (Å²) in [4.78, 5) is 2.65. The number of hydrogen-bond donors (Lipinski definition) is 2. The molecule has 0 amide bonds. The number of hydrogen-bond acceptors (Lipinski definition) is 5. The molecule has 5 heteroatoms. The van der Waals surface area contributed by atoms with Crippen LogP contribution in [-0.4, -0.2) is 35.7 Å². The van der Waals surface area contributed by atoms with Gasteiger partial charge in [0.2, 0.25) is 0 Å². The first-order valence-corrected chi connectivity index (χ1v) is 15.7. The molecule has 3 N–H and O–H groups in total. The minimum absolute atomic E-state index is 0.0509. The molecule has 0 radical (unpaired) electrons. The standard InChI is InChI=1S/C34H54N2O3/c1-3-5-7-9-11-13-22-36(23-14-12-10-8-6-4-2)26-32-25-33(29-20-18-28(27-37)19-21-29)39-34(38-32)30-16-15-17-31(35)24-30/h15-21,24,32-34,37H,3-14,22-23,25-27,35H2,1-2H3/t32-,33+,34+/m0/s1. The number of anilines is 1. The third-order valence-electron chi connectivity index (χ3n) is 7.92. The molecule has 3 atom stereocenters. The maximum Gasteiger partial charge on any atom is 0.185 e. The van der Waals surface area contributed by atoms with Crippen LogP contribution in [0.15, 0.2) is 48.5 Å². The van der Waals surface area contributed by atoms with Crippen LogP contribution >= 0.6 is 0 Å². The molecule has 0 aliphatic carbocycles. The number of ether oxygens (including phenoxy) is 2. The Labute approximate surface area is 238 Å². The molecule has 2 aromatic rings. The van der Waals surface area contributed by atoms with Crippen molar-refractivity contribution in [2.45, 2.75) is 122 Å². The average molecular weight is 539 g/mol. The molecule has 39 heavy (non-hydrogen) atoms. The fourth-order valence-electron chi connectivity index (χ4n) is 5.55. The van der Waals surface area contributed by atoms with Gasteiger partial charge in [0.1, 0.15) is 0 Å². The van der Waals surface area contributed by atoms with E-state index in [2.05, 4.69) is 30.9 Å². The van der Waals surface area contributed by atoms with Crippen LogP contribution in [0.3, 0.4) is 0 Å². The Morgan fingerprint density at radius 2 is 1.38 bits per heavy atom. The molecule has 0 saturated carbocycles. The summed E-state index contributed by atoms with van der Waals surface area (Å²) in [5.74, 6) is 0. The molecule has 2 aromatic carbocycles. The van der Waals surface area contributed by atoms with Crippen LogP contribution in [0.2, 0.25) is 0 Å². The minimum Gasteiger partial charge on any atom is -0.399 e. The molecule has 3 rings (SSSR count). The second-order valence-electron chi connectivity index (χ2n) is 11.4. The molecule has 0 bridgehead atoms. The molecular weight excluding hydrogens is 484 g/mol. The number of rotatable bonds is 19. The molecule has 5 nitrogen and oxygen atoms in total. The lowest BCUT2D eigenvalue weighted by atomic mass is 9.99. The van der Waals surface area contributed by atoms with E-state index < -0.39 is 6.29 Å². The lowest BCUT2D eigenvalue weighted by Crippen LogP contribution is -2.40. The van der Waals surface area contributed by atoms with E-state index in [1.54, 1.807) is 0 Å². The first-order chi connectivity index (χ1) is 19.1. The van der Waals surface area contributed by atoms with Crippen molar-refractivity contribution in [3.05, 3.63) is 65.2 Å². The monoisotopic (exact) mass is 538 g/mol. The maximum atomic E-state index is 9.49. The van der Waals surface area contributed by atoms with Gasteiger partial charge >= 0.3 is 0 Å². The summed E-state index contributed by atoms with van der Waals surface area (Å²) in [7, 11) is 0. The van der Waals surface area contributed by atoms with E-state index in [0.717, 1.165) is 48.4 Å². The van der Waals surface area contributed by atoms with Crippen LogP contribution in [0, 0.1) is 0 Å². The third kappa shape index (κ3) is 11.6. The van der Waals surface area contributed by atoms with Gasteiger partial charge in [-0.1, -0.05) is 114 Å². The van der Waals surface area contributed by atoms with Gasteiger partial charge < -0.3 is 25.2 Å². The third-order valence-corrected chi connectivity index (χ3v) is 7.92. The van der Waals surface area contributed by atoms with Gasteiger partial charge in [0.05, 0.1) is 18.8 Å². The van der Waals surface area contributed by atoms with Crippen molar-refractivity contribution < 1.29 is 14.6 Å². The molecule has 1 heterocycles. The molecule has 0 aromatic heterocycles. The Hall–Kier alpha value is -1.92. The van der Waals surface area contributed by atoms with E-state index in [4.69, 9.17) is 15.2 Å². The van der Waals surface area contributed by atoms with Crippen LogP contribution in [0.25, 0.3) is 0 Å². The number of nitrogens with zero attached hydrogens (tertiary/aromatic N) is 1. The van der Waals surface area contributed by atoms with Gasteiger partial charge in [-0.2, -0.15) is 0 Å². The van der Waals surface area contributed by atoms with E-state index in [1.165, 1.54) is 77.0 Å². The normalized spacial score (nSPS) is 19.5. The van der Waals surface area contributed by atoms with Crippen LogP contribution in [-0.2, 0) is 16.1 Å². The zero-order chi connectivity index (χ0) is 27.7. The van der Waals surface area contributed by atoms with Gasteiger partial charge in [-0.3, -0.25) is 0 Å². The number of nitrogen functional groups attached to an aromatic ring is 1. The van der Waals surface area contributed by atoms with E-state index in [1.807, 2.05) is 36.4 Å². The Morgan fingerprint density at radius 1 is 0.769 bits per heavy atom. The molecule has 218 valence electrons. The van der Waals surface area contributed by atoms with Crippen molar-refractivity contribution in [2.24, 2.45) is 0 Å². The number of aliphatic hydroxyl groups is 1. The minimum atomic E-state index is -0.445. The van der Waals surface area contributed by atoms with E-state index >= 15 is 0 Å². The molecule has 0 unspecified atom stereocenters. The van der Waals surface area contributed by atoms with E-state index in [0.29, 0.717) is 0 Å². The topological polar surface area (TPSA) is 68.0 Å². The average Bonchev–Trinajstić information content (AvgIpc) is 2.96. The highest BCUT2D eigenvalue weighted by molar-refractivity contribution is 5.41. The zero-order valence-electron chi connectivity index (χ0n) is 24.7. The second kappa shape index (κ2) is 18.4. The summed E-state index contributed by atoms with van der Waals surface area (Å²) < 4.78 is 13.1. The maximum absolute atomic E-state index is 9.49. The van der Waals surface area contributed by atoms with Gasteiger partial charge in [-0.05, 0) is 49.2 Å². The predicted molar refractivity (Wildman–Crippen MR) is 162 cm³/mol. The van der Waals surface area contributed by atoms with Crippen molar-refractivity contribution in [3.63, 3.8) is 0 Å². The van der Waals surface area contributed by atoms with Gasteiger partial charge in [-0.15, -0.1) is 0 Å². The number of aliphatic hydroxyl groups excluding tert-OH is 1. The fraction of sp³-hybridized carbons (Fsp3) is 0.647. The van der Waals surface area contributed by atoms with Crippen LogP contribution in [0.1, 0.15) is 126 Å². The van der Waals surface area contributed by atoms with Crippen molar-refractivity contribution in [1.29, 1.82) is 0 Å². The second-order valence-corrected chi connectivity index (χ2v) is 11.4. The Bertz CT molecular complexity index is 888. The smallest absolute Gasteiger partial charge is 0.185 e. The van der Waals surface area contributed by atoms with Crippen LogP contribution in [0.4, 0.5) is 5.69 Å². The Morgan fingerprint density at radius 3 is 1.97 bits per heavy atom.